The van der Waals surface area contributed by atoms with E-state index >= 15 is 0 Å². The summed E-state index contributed by atoms with van der Waals surface area (Å²) >= 11 is 0. The fraction of sp³-hybridized carbons (Fsp3) is 0.346. The van der Waals surface area contributed by atoms with Crippen LogP contribution in [0.3, 0.4) is 0 Å². The number of aromatic amines is 1. The number of aliphatic hydroxyl groups is 4. The topological polar surface area (TPSA) is 179 Å². The first-order valence-corrected chi connectivity index (χ1v) is 12.2. The van der Waals surface area contributed by atoms with Crippen LogP contribution in [-0.4, -0.2) is 87.4 Å². The van der Waals surface area contributed by atoms with E-state index in [4.69, 9.17) is 14.2 Å². The van der Waals surface area contributed by atoms with Crippen LogP contribution >= 0.6 is 0 Å². The lowest BCUT2D eigenvalue weighted by molar-refractivity contribution is -0.281. The highest BCUT2D eigenvalue weighted by molar-refractivity contribution is 5.95. The molecule has 3 heterocycles. The first-order valence-electron chi connectivity index (χ1n) is 12.2. The highest BCUT2D eigenvalue weighted by Gasteiger charge is 2.47. The third-order valence-corrected chi connectivity index (χ3v) is 6.77. The van der Waals surface area contributed by atoms with Crippen LogP contribution in [0.4, 0.5) is 23.7 Å². The summed E-state index contributed by atoms with van der Waals surface area (Å²) in [6.07, 6.45) is -15.8. The van der Waals surface area contributed by atoms with Crippen molar-refractivity contribution in [3.63, 3.8) is 0 Å². The van der Waals surface area contributed by atoms with E-state index < -0.39 is 72.8 Å². The molecule has 1 amide bonds. The zero-order chi connectivity index (χ0) is 29.6. The summed E-state index contributed by atoms with van der Waals surface area (Å²) < 4.78 is 55.4. The number of ether oxygens (including phenoxy) is 3. The Morgan fingerprint density at radius 3 is 2.49 bits per heavy atom. The molecule has 15 heteroatoms. The zero-order valence-corrected chi connectivity index (χ0v) is 20.8. The van der Waals surface area contributed by atoms with Crippen LogP contribution in [0.2, 0.25) is 0 Å². The van der Waals surface area contributed by atoms with Gasteiger partial charge in [0.05, 0.1) is 12.1 Å². The summed E-state index contributed by atoms with van der Waals surface area (Å²) in [5, 5.41) is 39.2. The molecule has 0 bridgehead atoms. The lowest BCUT2D eigenvalue weighted by Crippen LogP contribution is -2.60. The predicted octanol–water partition coefficient (Wildman–Crippen LogP) is 0.882. The Hall–Kier alpha value is -4.02. The van der Waals surface area contributed by atoms with Gasteiger partial charge in [0.25, 0.3) is 5.56 Å². The van der Waals surface area contributed by atoms with Crippen LogP contribution in [0.25, 0.3) is 22.0 Å². The molecule has 1 unspecified atom stereocenters. The van der Waals surface area contributed by atoms with Gasteiger partial charge in [0.15, 0.2) is 18.5 Å². The molecule has 0 radical (unpaired) electrons. The number of alkyl halides is 3. The number of halogens is 3. The van der Waals surface area contributed by atoms with Crippen molar-refractivity contribution in [2.45, 2.75) is 43.0 Å². The molecule has 0 spiro atoms. The quantitative estimate of drug-likeness (QED) is 0.272. The number of benzene rings is 2. The number of cyclic esters (lactones) is 1. The van der Waals surface area contributed by atoms with Crippen molar-refractivity contribution < 1.29 is 57.4 Å². The first kappa shape index (κ1) is 28.5. The van der Waals surface area contributed by atoms with Crippen molar-refractivity contribution in [3.8, 4) is 11.3 Å². The van der Waals surface area contributed by atoms with Crippen molar-refractivity contribution in [1.82, 2.24) is 4.98 Å². The van der Waals surface area contributed by atoms with Gasteiger partial charge in [-0.15, -0.1) is 0 Å². The Balaban J connectivity index is 1.30. The summed E-state index contributed by atoms with van der Waals surface area (Å²) in [6, 6.07) is 10.5. The monoisotopic (exact) mass is 580 g/mol. The highest BCUT2D eigenvalue weighted by Crippen LogP contribution is 2.37. The molecule has 12 nitrogen and oxygen atoms in total. The molecule has 2 aliphatic heterocycles. The molecule has 0 aliphatic carbocycles. The van der Waals surface area contributed by atoms with Crippen molar-refractivity contribution in [2.24, 2.45) is 0 Å². The zero-order valence-electron chi connectivity index (χ0n) is 20.8. The van der Waals surface area contributed by atoms with Crippen molar-refractivity contribution in [1.29, 1.82) is 0 Å². The number of hydrogen-bond donors (Lipinski definition) is 5. The number of carbonyl (C=O) groups excluding carboxylic acids is 2. The maximum Gasteiger partial charge on any atom is 0.417 e. The van der Waals surface area contributed by atoms with Gasteiger partial charge in [0.1, 0.15) is 24.9 Å². The SMILES string of the molecule is O=C(OC[C@@H]1CN(c2ccc3cc(-c4ccccc4C(F)(F)F)[nH]c(=O)c3c2)C(=O)O1)[C@H]1OC(O)[C@H](O)[C@@H](O)[C@H]1O. The second-order valence-electron chi connectivity index (χ2n) is 9.49. The van der Waals surface area contributed by atoms with Crippen LogP contribution < -0.4 is 10.5 Å². The summed E-state index contributed by atoms with van der Waals surface area (Å²) in [5.41, 5.74) is -1.60. The van der Waals surface area contributed by atoms with Crippen LogP contribution in [0.1, 0.15) is 5.56 Å². The number of aliphatic hydroxyl groups excluding tert-OH is 4. The number of hydrogen-bond acceptors (Lipinski definition) is 10. The number of amides is 1. The number of aromatic nitrogens is 1. The van der Waals surface area contributed by atoms with Gasteiger partial charge in [-0.3, -0.25) is 9.69 Å². The Labute approximate surface area is 228 Å². The molecule has 2 fully saturated rings. The van der Waals surface area contributed by atoms with Gasteiger partial charge < -0.3 is 39.6 Å². The second kappa shape index (κ2) is 10.8. The molecule has 2 aromatic carbocycles. The number of fused-ring (bicyclic) bond motifs is 1. The van der Waals surface area contributed by atoms with Crippen molar-refractivity contribution in [2.75, 3.05) is 18.1 Å². The van der Waals surface area contributed by atoms with Crippen LogP contribution in [-0.2, 0) is 25.2 Å². The van der Waals surface area contributed by atoms with E-state index in [0.717, 1.165) is 11.0 Å². The van der Waals surface area contributed by atoms with Crippen LogP contribution in [0.15, 0.2) is 53.3 Å². The van der Waals surface area contributed by atoms with Gasteiger partial charge >= 0.3 is 18.2 Å². The normalized spacial score (nSPS) is 26.7. The van der Waals surface area contributed by atoms with Crippen LogP contribution in [0, 0.1) is 0 Å². The third kappa shape index (κ3) is 5.49. The van der Waals surface area contributed by atoms with Gasteiger partial charge in [-0.25, -0.2) is 9.59 Å². The lowest BCUT2D eigenvalue weighted by Gasteiger charge is -2.36. The molecule has 1 aromatic heterocycles. The molecule has 6 atom stereocenters. The summed E-state index contributed by atoms with van der Waals surface area (Å²) in [4.78, 5) is 41.3. The molecule has 2 aliphatic rings. The van der Waals surface area contributed by atoms with Gasteiger partial charge in [-0.1, -0.05) is 24.3 Å². The molecule has 41 heavy (non-hydrogen) atoms. The fourth-order valence-electron chi connectivity index (χ4n) is 4.66. The Bertz CT molecular complexity index is 1540. The number of esters is 1. The van der Waals surface area contributed by atoms with E-state index in [9.17, 15) is 48.0 Å². The number of H-pyrrole nitrogens is 1. The van der Waals surface area contributed by atoms with E-state index in [-0.39, 0.29) is 28.9 Å². The molecule has 3 aromatic rings. The number of nitrogens with zero attached hydrogens (tertiary/aromatic N) is 1. The van der Waals surface area contributed by atoms with E-state index in [1.807, 2.05) is 0 Å². The van der Waals surface area contributed by atoms with Gasteiger partial charge in [-0.05, 0) is 29.7 Å². The number of nitrogens with one attached hydrogen (secondary N) is 1. The third-order valence-electron chi connectivity index (χ3n) is 6.77. The maximum atomic E-state index is 13.5. The summed E-state index contributed by atoms with van der Waals surface area (Å²) in [6.45, 7) is -0.608. The Morgan fingerprint density at radius 2 is 1.76 bits per heavy atom. The largest absolute Gasteiger partial charge is 0.460 e. The molecule has 0 saturated carbocycles. The van der Waals surface area contributed by atoms with Crippen molar-refractivity contribution >= 4 is 28.5 Å². The molecule has 2 saturated heterocycles. The fourth-order valence-corrected chi connectivity index (χ4v) is 4.66. The van der Waals surface area contributed by atoms with E-state index in [1.54, 1.807) is 0 Å². The molecule has 5 N–H and O–H groups in total. The van der Waals surface area contributed by atoms with E-state index in [1.165, 1.54) is 42.5 Å². The smallest absolute Gasteiger partial charge is 0.417 e. The minimum Gasteiger partial charge on any atom is -0.460 e. The number of anilines is 1. The molecular weight excluding hydrogens is 557 g/mol. The maximum absolute atomic E-state index is 13.5. The summed E-state index contributed by atoms with van der Waals surface area (Å²) in [7, 11) is 0. The average molecular weight is 580 g/mol. The molecule has 5 rings (SSSR count). The van der Waals surface area contributed by atoms with Gasteiger partial charge in [0.2, 0.25) is 0 Å². The summed E-state index contributed by atoms with van der Waals surface area (Å²) in [5.74, 6) is -1.18. The van der Waals surface area contributed by atoms with Crippen LogP contribution in [0.5, 0.6) is 0 Å². The van der Waals surface area contributed by atoms with Crippen molar-refractivity contribution in [3.05, 3.63) is 64.4 Å². The van der Waals surface area contributed by atoms with E-state index in [2.05, 4.69) is 4.98 Å². The van der Waals surface area contributed by atoms with Gasteiger partial charge in [-0.2, -0.15) is 13.2 Å². The molecular formula is C26H23F3N2O10. The number of rotatable bonds is 5. The Kier molecular flexibility index (Phi) is 7.48. The van der Waals surface area contributed by atoms with E-state index in [0.29, 0.717) is 5.39 Å². The number of carbonyl (C=O) groups is 2. The highest BCUT2D eigenvalue weighted by atomic mass is 19.4. The first-order chi connectivity index (χ1) is 19.3. The number of pyridine rings is 1. The van der Waals surface area contributed by atoms with Gasteiger partial charge in [0, 0.05) is 22.3 Å². The Morgan fingerprint density at radius 1 is 1.02 bits per heavy atom. The minimum atomic E-state index is -4.64. The lowest BCUT2D eigenvalue weighted by atomic mass is 9.99. The second-order valence-corrected chi connectivity index (χ2v) is 9.49. The molecule has 218 valence electrons. The standard InChI is InChI=1S/C26H23F3N2O10/c27-26(28,29)16-4-2-1-3-14(16)17-7-11-5-6-12(8-15(11)22(35)30-17)31-9-13(40-25(31)38)10-39-24(37)21-19(33)18(32)20(34)23(36)41-21/h1-8,13,18-21,23,32-34,36H,9-10H2,(H,30,35)/t13-,18-,19+,20+,21-,23?/m0/s1. The average Bonchev–Trinajstić information content (AvgIpc) is 3.32. The predicted molar refractivity (Wildman–Crippen MR) is 132 cm³/mol. The minimum absolute atomic E-state index is 0.0350.